The van der Waals surface area contributed by atoms with Crippen molar-refractivity contribution in [2.45, 2.75) is 13.5 Å². The summed E-state index contributed by atoms with van der Waals surface area (Å²) in [5.41, 5.74) is 3.02. The molecular formula is C18H16N2O. The topological polar surface area (TPSA) is 52.9 Å². The third-order valence-corrected chi connectivity index (χ3v) is 3.15. The Morgan fingerprint density at radius 2 is 1.81 bits per heavy atom. The van der Waals surface area contributed by atoms with Crippen LogP contribution in [0.1, 0.15) is 16.7 Å². The molecule has 0 radical (unpaired) electrons. The maximum absolute atomic E-state index is 12.1. The van der Waals surface area contributed by atoms with Crippen molar-refractivity contribution < 1.29 is 4.79 Å². The molecule has 21 heavy (non-hydrogen) atoms. The van der Waals surface area contributed by atoms with E-state index in [0.717, 1.165) is 16.7 Å². The second kappa shape index (κ2) is 7.06. The van der Waals surface area contributed by atoms with Crippen molar-refractivity contribution in [3.05, 3.63) is 76.9 Å². The van der Waals surface area contributed by atoms with Gasteiger partial charge >= 0.3 is 0 Å². The molecular weight excluding hydrogens is 260 g/mol. The van der Waals surface area contributed by atoms with E-state index in [1.54, 1.807) is 6.08 Å². The molecule has 0 heterocycles. The van der Waals surface area contributed by atoms with Crippen LogP contribution in [-0.2, 0) is 11.3 Å². The smallest absolute Gasteiger partial charge is 0.262 e. The van der Waals surface area contributed by atoms with E-state index in [2.05, 4.69) is 5.32 Å². The molecule has 0 aliphatic heterocycles. The molecule has 0 fully saturated rings. The van der Waals surface area contributed by atoms with Gasteiger partial charge < -0.3 is 5.32 Å². The predicted octanol–water partition coefficient (Wildman–Crippen LogP) is 3.22. The molecule has 0 spiro atoms. The number of nitrogens with one attached hydrogen (secondary N) is 1. The molecule has 0 aliphatic carbocycles. The van der Waals surface area contributed by atoms with Crippen molar-refractivity contribution in [3.63, 3.8) is 0 Å². The van der Waals surface area contributed by atoms with Crippen molar-refractivity contribution in [1.29, 1.82) is 5.26 Å². The van der Waals surface area contributed by atoms with Crippen LogP contribution in [0.4, 0.5) is 0 Å². The fourth-order valence-electron chi connectivity index (χ4n) is 1.93. The first-order valence-electron chi connectivity index (χ1n) is 6.70. The van der Waals surface area contributed by atoms with Crippen LogP contribution in [-0.4, -0.2) is 5.91 Å². The lowest BCUT2D eigenvalue weighted by Crippen LogP contribution is -2.23. The fraction of sp³-hybridized carbons (Fsp3) is 0.111. The first-order chi connectivity index (χ1) is 10.2. The van der Waals surface area contributed by atoms with Crippen LogP contribution >= 0.6 is 0 Å². The van der Waals surface area contributed by atoms with Gasteiger partial charge in [-0.3, -0.25) is 4.79 Å². The van der Waals surface area contributed by atoms with Crippen molar-refractivity contribution in [3.8, 4) is 6.07 Å². The number of carbonyl (C=O) groups excluding carboxylic acids is 1. The van der Waals surface area contributed by atoms with Gasteiger partial charge in [0.25, 0.3) is 5.91 Å². The molecule has 0 bridgehead atoms. The van der Waals surface area contributed by atoms with Crippen LogP contribution in [0.25, 0.3) is 6.08 Å². The first-order valence-corrected chi connectivity index (χ1v) is 6.70. The Kier molecular flexibility index (Phi) is 4.89. The lowest BCUT2D eigenvalue weighted by Gasteiger charge is -2.05. The normalized spacial score (nSPS) is 10.8. The summed E-state index contributed by atoms with van der Waals surface area (Å²) < 4.78 is 0. The summed E-state index contributed by atoms with van der Waals surface area (Å²) in [7, 11) is 0. The second-order valence-corrected chi connectivity index (χ2v) is 4.69. The van der Waals surface area contributed by atoms with E-state index in [4.69, 9.17) is 5.26 Å². The number of hydrogen-bond donors (Lipinski definition) is 1. The summed E-state index contributed by atoms with van der Waals surface area (Å²) in [6.45, 7) is 2.36. The first kappa shape index (κ1) is 14.5. The Morgan fingerprint density at radius 3 is 2.48 bits per heavy atom. The van der Waals surface area contributed by atoms with Gasteiger partial charge in [0.05, 0.1) is 0 Å². The molecule has 2 aromatic carbocycles. The lowest BCUT2D eigenvalue weighted by molar-refractivity contribution is -0.117. The van der Waals surface area contributed by atoms with Crippen LogP contribution in [0.2, 0.25) is 0 Å². The van der Waals surface area contributed by atoms with Crippen molar-refractivity contribution in [2.75, 3.05) is 0 Å². The quantitative estimate of drug-likeness (QED) is 0.688. The molecule has 0 aromatic heterocycles. The highest BCUT2D eigenvalue weighted by atomic mass is 16.1. The highest BCUT2D eigenvalue weighted by Gasteiger charge is 2.09. The Labute approximate surface area is 124 Å². The maximum atomic E-state index is 12.1. The van der Waals surface area contributed by atoms with Crippen LogP contribution in [0, 0.1) is 18.3 Å². The van der Waals surface area contributed by atoms with E-state index < -0.39 is 0 Å². The van der Waals surface area contributed by atoms with Gasteiger partial charge in [-0.2, -0.15) is 5.26 Å². The van der Waals surface area contributed by atoms with E-state index in [1.807, 2.05) is 67.6 Å². The molecule has 104 valence electrons. The van der Waals surface area contributed by atoms with Gasteiger partial charge in [-0.15, -0.1) is 0 Å². The van der Waals surface area contributed by atoms with Crippen LogP contribution in [0.5, 0.6) is 0 Å². The number of amides is 1. The molecule has 0 atom stereocenters. The zero-order chi connectivity index (χ0) is 15.1. The number of hydrogen-bond acceptors (Lipinski definition) is 2. The molecule has 0 saturated carbocycles. The lowest BCUT2D eigenvalue weighted by atomic mass is 10.1. The number of carbonyl (C=O) groups is 1. The Morgan fingerprint density at radius 1 is 1.14 bits per heavy atom. The monoisotopic (exact) mass is 276 g/mol. The minimum atomic E-state index is -0.357. The van der Waals surface area contributed by atoms with Crippen molar-refractivity contribution in [1.82, 2.24) is 5.32 Å². The molecule has 2 rings (SSSR count). The summed E-state index contributed by atoms with van der Waals surface area (Å²) in [5.74, 6) is -0.357. The molecule has 0 unspecified atom stereocenters. The van der Waals surface area contributed by atoms with Gasteiger partial charge in [0.2, 0.25) is 0 Å². The van der Waals surface area contributed by atoms with E-state index in [1.165, 1.54) is 0 Å². The van der Waals surface area contributed by atoms with Crippen LogP contribution in [0.15, 0.2) is 60.2 Å². The van der Waals surface area contributed by atoms with E-state index in [-0.39, 0.29) is 11.5 Å². The SMILES string of the molecule is Cc1ccccc1C=C(C#N)C(=O)NCc1ccccc1. The summed E-state index contributed by atoms with van der Waals surface area (Å²) in [5, 5.41) is 11.9. The van der Waals surface area contributed by atoms with Gasteiger partial charge in [-0.05, 0) is 29.7 Å². The number of nitrogens with zero attached hydrogens (tertiary/aromatic N) is 1. The molecule has 0 saturated heterocycles. The van der Waals surface area contributed by atoms with Gasteiger partial charge in [-0.25, -0.2) is 0 Å². The van der Waals surface area contributed by atoms with Crippen molar-refractivity contribution >= 4 is 12.0 Å². The minimum Gasteiger partial charge on any atom is -0.347 e. The Hall–Kier alpha value is -2.86. The van der Waals surface area contributed by atoms with Crippen LogP contribution < -0.4 is 5.32 Å². The summed E-state index contributed by atoms with van der Waals surface area (Å²) in [4.78, 5) is 12.1. The number of nitriles is 1. The van der Waals surface area contributed by atoms with Crippen molar-refractivity contribution in [2.24, 2.45) is 0 Å². The molecule has 1 N–H and O–H groups in total. The molecule has 0 aliphatic rings. The summed E-state index contributed by atoms with van der Waals surface area (Å²) in [6, 6.07) is 19.2. The Balaban J connectivity index is 2.09. The maximum Gasteiger partial charge on any atom is 0.262 e. The fourth-order valence-corrected chi connectivity index (χ4v) is 1.93. The predicted molar refractivity (Wildman–Crippen MR) is 83.1 cm³/mol. The minimum absolute atomic E-state index is 0.111. The van der Waals surface area contributed by atoms with Gasteiger partial charge in [0.1, 0.15) is 11.6 Å². The van der Waals surface area contributed by atoms with Gasteiger partial charge in [0, 0.05) is 6.54 Å². The summed E-state index contributed by atoms with van der Waals surface area (Å²) in [6.07, 6.45) is 1.62. The molecule has 3 heteroatoms. The third kappa shape index (κ3) is 4.05. The third-order valence-electron chi connectivity index (χ3n) is 3.15. The Bertz CT molecular complexity index is 697. The van der Waals surface area contributed by atoms with Crippen LogP contribution in [0.3, 0.4) is 0 Å². The highest BCUT2D eigenvalue weighted by Crippen LogP contribution is 2.12. The second-order valence-electron chi connectivity index (χ2n) is 4.69. The summed E-state index contributed by atoms with van der Waals surface area (Å²) >= 11 is 0. The molecule has 1 amide bonds. The standard InChI is InChI=1S/C18H16N2O/c1-14-7-5-6-10-16(14)11-17(12-19)18(21)20-13-15-8-3-2-4-9-15/h2-11H,13H2,1H3,(H,20,21). The van der Waals surface area contributed by atoms with Gasteiger partial charge in [0.15, 0.2) is 0 Å². The van der Waals surface area contributed by atoms with Gasteiger partial charge in [-0.1, -0.05) is 54.6 Å². The molecule has 2 aromatic rings. The number of rotatable bonds is 4. The zero-order valence-electron chi connectivity index (χ0n) is 11.8. The highest BCUT2D eigenvalue weighted by molar-refractivity contribution is 6.01. The van der Waals surface area contributed by atoms with E-state index in [0.29, 0.717) is 6.54 Å². The zero-order valence-corrected chi connectivity index (χ0v) is 11.8. The van der Waals surface area contributed by atoms with E-state index in [9.17, 15) is 4.79 Å². The molecule has 3 nitrogen and oxygen atoms in total. The van der Waals surface area contributed by atoms with E-state index >= 15 is 0 Å². The average Bonchev–Trinajstić information content (AvgIpc) is 2.53. The largest absolute Gasteiger partial charge is 0.347 e. The number of aryl methyl sites for hydroxylation is 1. The average molecular weight is 276 g/mol. The number of benzene rings is 2.